The van der Waals surface area contributed by atoms with E-state index < -0.39 is 36.2 Å². The van der Waals surface area contributed by atoms with Crippen LogP contribution in [0.15, 0.2) is 30.3 Å². The van der Waals surface area contributed by atoms with Gasteiger partial charge in [-0.25, -0.2) is 13.6 Å². The fourth-order valence-electron chi connectivity index (χ4n) is 2.33. The van der Waals surface area contributed by atoms with Gasteiger partial charge in [0.25, 0.3) is 0 Å². The minimum Gasteiger partial charge on any atom is -0.480 e. The van der Waals surface area contributed by atoms with Crippen LogP contribution in [0.3, 0.4) is 0 Å². The Bertz CT molecular complexity index is 515. The highest BCUT2D eigenvalue weighted by Crippen LogP contribution is 2.48. The van der Waals surface area contributed by atoms with Gasteiger partial charge in [0.05, 0.1) is 5.41 Å². The van der Waals surface area contributed by atoms with E-state index in [0.29, 0.717) is 19.3 Å². The molecule has 1 amide bonds. The molecule has 1 saturated carbocycles. The van der Waals surface area contributed by atoms with Crippen molar-refractivity contribution in [2.45, 2.75) is 38.2 Å². The number of carboxylic acid groups (broad SMARTS) is 1. The smallest absolute Gasteiger partial charge is 0.326 e. The van der Waals surface area contributed by atoms with Crippen molar-refractivity contribution < 1.29 is 23.5 Å². The first kappa shape index (κ1) is 15.4. The zero-order valence-electron chi connectivity index (χ0n) is 11.4. The summed E-state index contributed by atoms with van der Waals surface area (Å²) in [6.07, 6.45) is -1.84. The van der Waals surface area contributed by atoms with Crippen molar-refractivity contribution in [2.75, 3.05) is 0 Å². The third-order valence-corrected chi connectivity index (χ3v) is 3.74. The summed E-state index contributed by atoms with van der Waals surface area (Å²) in [5, 5.41) is 11.2. The molecule has 0 aromatic heterocycles. The van der Waals surface area contributed by atoms with Gasteiger partial charge in [0.2, 0.25) is 12.3 Å². The molecule has 0 heterocycles. The molecule has 1 fully saturated rings. The molecule has 1 aliphatic carbocycles. The predicted octanol–water partition coefficient (Wildman–Crippen LogP) is 2.23. The predicted molar refractivity (Wildman–Crippen MR) is 72.0 cm³/mol. The van der Waals surface area contributed by atoms with Crippen molar-refractivity contribution in [1.29, 1.82) is 0 Å². The quantitative estimate of drug-likeness (QED) is 0.811. The Kier molecular flexibility index (Phi) is 4.55. The van der Waals surface area contributed by atoms with E-state index in [9.17, 15) is 18.4 Å². The first-order chi connectivity index (χ1) is 9.93. The number of benzene rings is 1. The molecule has 1 atom stereocenters. The summed E-state index contributed by atoms with van der Waals surface area (Å²) in [5.41, 5.74) is 0.336. The monoisotopic (exact) mass is 297 g/mol. The summed E-state index contributed by atoms with van der Waals surface area (Å²) in [5.74, 6) is -1.88. The molecular formula is C15H17F2NO3. The maximum absolute atomic E-state index is 12.3. The average molecular weight is 297 g/mol. The van der Waals surface area contributed by atoms with Crippen LogP contribution < -0.4 is 5.32 Å². The SMILES string of the molecule is O=C(O)C(CC(F)F)NC(=O)C1(Cc2ccccc2)CC1. The number of hydrogen-bond donors (Lipinski definition) is 2. The van der Waals surface area contributed by atoms with E-state index in [4.69, 9.17) is 5.11 Å². The van der Waals surface area contributed by atoms with Crippen molar-refractivity contribution >= 4 is 11.9 Å². The number of carboxylic acids is 1. The number of alkyl halides is 2. The third kappa shape index (κ3) is 4.00. The van der Waals surface area contributed by atoms with Gasteiger partial charge in [-0.1, -0.05) is 30.3 Å². The Morgan fingerprint density at radius 3 is 2.33 bits per heavy atom. The number of carbonyl (C=O) groups is 2. The highest BCUT2D eigenvalue weighted by atomic mass is 19.3. The first-order valence-corrected chi connectivity index (χ1v) is 6.79. The molecule has 1 aromatic rings. The molecule has 2 N–H and O–H groups in total. The molecule has 21 heavy (non-hydrogen) atoms. The van der Waals surface area contributed by atoms with E-state index in [1.54, 1.807) is 0 Å². The molecule has 0 saturated heterocycles. The summed E-state index contributed by atoms with van der Waals surface area (Å²) >= 11 is 0. The number of carbonyl (C=O) groups excluding carboxylic acids is 1. The minimum absolute atomic E-state index is 0.445. The Hall–Kier alpha value is -1.98. The zero-order valence-corrected chi connectivity index (χ0v) is 11.4. The van der Waals surface area contributed by atoms with Crippen LogP contribution in [0, 0.1) is 5.41 Å². The fraction of sp³-hybridized carbons (Fsp3) is 0.467. The highest BCUT2D eigenvalue weighted by Gasteiger charge is 2.50. The topological polar surface area (TPSA) is 66.4 Å². The first-order valence-electron chi connectivity index (χ1n) is 6.79. The zero-order chi connectivity index (χ0) is 15.5. The van der Waals surface area contributed by atoms with Crippen molar-refractivity contribution in [3.8, 4) is 0 Å². The molecule has 0 aliphatic heterocycles. The van der Waals surface area contributed by atoms with Gasteiger partial charge >= 0.3 is 5.97 Å². The van der Waals surface area contributed by atoms with Crippen molar-refractivity contribution in [1.82, 2.24) is 5.32 Å². The van der Waals surface area contributed by atoms with Crippen molar-refractivity contribution in [2.24, 2.45) is 5.41 Å². The molecule has 1 aromatic carbocycles. The van der Waals surface area contributed by atoms with Gasteiger partial charge in [-0.05, 0) is 24.8 Å². The van der Waals surface area contributed by atoms with E-state index in [2.05, 4.69) is 5.32 Å². The van der Waals surface area contributed by atoms with Crippen molar-refractivity contribution in [3.63, 3.8) is 0 Å². The second-order valence-electron chi connectivity index (χ2n) is 5.43. The molecular weight excluding hydrogens is 280 g/mol. The normalized spacial score (nSPS) is 17.3. The third-order valence-electron chi connectivity index (χ3n) is 3.74. The second-order valence-corrected chi connectivity index (χ2v) is 5.43. The van der Waals surface area contributed by atoms with Crippen LogP contribution in [0.5, 0.6) is 0 Å². The van der Waals surface area contributed by atoms with Gasteiger partial charge in [-0.3, -0.25) is 4.79 Å². The Balaban J connectivity index is 2.00. The van der Waals surface area contributed by atoms with E-state index in [1.807, 2.05) is 30.3 Å². The van der Waals surface area contributed by atoms with E-state index in [1.165, 1.54) is 0 Å². The van der Waals surface area contributed by atoms with Crippen LogP contribution in [0.25, 0.3) is 0 Å². The summed E-state index contributed by atoms with van der Waals surface area (Å²) in [7, 11) is 0. The number of nitrogens with one attached hydrogen (secondary N) is 1. The number of aliphatic carboxylic acids is 1. The molecule has 114 valence electrons. The standard InChI is InChI=1S/C15H17F2NO3/c16-12(17)8-11(13(19)20)18-14(21)15(6-7-15)9-10-4-2-1-3-5-10/h1-5,11-12H,6-9H2,(H,18,21)(H,19,20). The van der Waals surface area contributed by atoms with Gasteiger partial charge in [0.1, 0.15) is 6.04 Å². The molecule has 0 radical (unpaired) electrons. The lowest BCUT2D eigenvalue weighted by molar-refractivity contribution is -0.144. The molecule has 0 spiro atoms. The lowest BCUT2D eigenvalue weighted by Crippen LogP contribution is -2.45. The molecule has 1 unspecified atom stereocenters. The molecule has 4 nitrogen and oxygen atoms in total. The molecule has 2 rings (SSSR count). The number of amides is 1. The number of halogens is 2. The number of rotatable bonds is 7. The van der Waals surface area contributed by atoms with Crippen molar-refractivity contribution in [3.05, 3.63) is 35.9 Å². The largest absolute Gasteiger partial charge is 0.480 e. The highest BCUT2D eigenvalue weighted by molar-refractivity contribution is 5.89. The van der Waals surface area contributed by atoms with Gasteiger partial charge in [-0.2, -0.15) is 0 Å². The Morgan fingerprint density at radius 1 is 1.24 bits per heavy atom. The summed E-state index contributed by atoms with van der Waals surface area (Å²) in [4.78, 5) is 23.1. The molecule has 6 heteroatoms. The van der Waals surface area contributed by atoms with Gasteiger partial charge in [0.15, 0.2) is 0 Å². The van der Waals surface area contributed by atoms with Crippen LogP contribution in [-0.4, -0.2) is 29.5 Å². The molecule has 0 bridgehead atoms. The van der Waals surface area contributed by atoms with Crippen LogP contribution in [0.2, 0.25) is 0 Å². The van der Waals surface area contributed by atoms with Crippen LogP contribution in [0.1, 0.15) is 24.8 Å². The fourth-order valence-corrected chi connectivity index (χ4v) is 2.33. The maximum Gasteiger partial charge on any atom is 0.326 e. The lowest BCUT2D eigenvalue weighted by Gasteiger charge is -2.19. The minimum atomic E-state index is -2.77. The Labute approximate surface area is 121 Å². The molecule has 1 aliphatic rings. The van der Waals surface area contributed by atoms with Crippen LogP contribution in [-0.2, 0) is 16.0 Å². The van der Waals surface area contributed by atoms with E-state index in [-0.39, 0.29) is 0 Å². The van der Waals surface area contributed by atoms with E-state index >= 15 is 0 Å². The summed E-state index contributed by atoms with van der Waals surface area (Å²) < 4.78 is 24.7. The van der Waals surface area contributed by atoms with Crippen LogP contribution in [0.4, 0.5) is 8.78 Å². The van der Waals surface area contributed by atoms with Gasteiger partial charge < -0.3 is 10.4 Å². The van der Waals surface area contributed by atoms with Crippen LogP contribution >= 0.6 is 0 Å². The maximum atomic E-state index is 12.3. The number of hydrogen-bond acceptors (Lipinski definition) is 2. The second kappa shape index (κ2) is 6.20. The van der Waals surface area contributed by atoms with Gasteiger partial charge in [-0.15, -0.1) is 0 Å². The lowest BCUT2D eigenvalue weighted by atomic mass is 9.95. The Morgan fingerprint density at radius 2 is 1.86 bits per heavy atom. The summed E-state index contributed by atoms with van der Waals surface area (Å²) in [6.45, 7) is 0. The van der Waals surface area contributed by atoms with E-state index in [0.717, 1.165) is 5.56 Å². The summed E-state index contributed by atoms with van der Waals surface area (Å²) in [6, 6.07) is 7.83. The average Bonchev–Trinajstić information content (AvgIpc) is 3.19. The van der Waals surface area contributed by atoms with Gasteiger partial charge in [0, 0.05) is 6.42 Å².